The molecule has 208 valence electrons. The van der Waals surface area contributed by atoms with Crippen molar-refractivity contribution in [2.75, 3.05) is 18.0 Å². The van der Waals surface area contributed by atoms with Crippen molar-refractivity contribution < 1.29 is 23.1 Å². The number of fused-ring (bicyclic) bond motifs is 4. The molecule has 5 aromatic rings. The lowest BCUT2D eigenvalue weighted by Crippen LogP contribution is -2.44. The first kappa shape index (κ1) is 26.2. The molecule has 13 heteroatoms. The molecular weight excluding hydrogens is 541 g/mol. The number of carboxylic acids is 1. The van der Waals surface area contributed by atoms with Crippen LogP contribution in [-0.4, -0.2) is 55.8 Å². The summed E-state index contributed by atoms with van der Waals surface area (Å²) in [6.07, 6.45) is 3.36. The van der Waals surface area contributed by atoms with E-state index in [1.807, 2.05) is 12.1 Å². The van der Waals surface area contributed by atoms with Crippen molar-refractivity contribution in [1.82, 2.24) is 24.8 Å². The first-order valence-electron chi connectivity index (χ1n) is 12.6. The van der Waals surface area contributed by atoms with Crippen LogP contribution in [0, 0.1) is 17.5 Å². The third-order valence-corrected chi connectivity index (χ3v) is 7.16. The van der Waals surface area contributed by atoms with Crippen LogP contribution in [0.25, 0.3) is 27.8 Å². The number of nitrogens with zero attached hydrogens (tertiary/aromatic N) is 4. The number of hydrogen-bond donors (Lipinski definition) is 3. The molecule has 2 fully saturated rings. The molecule has 2 aliphatic heterocycles. The fraction of sp³-hybridized carbons (Fsp3) is 0.179. The van der Waals surface area contributed by atoms with Crippen molar-refractivity contribution >= 4 is 33.9 Å². The lowest BCUT2D eigenvalue weighted by Gasteiger charge is -2.29. The molecule has 0 amide bonds. The Labute approximate surface area is 228 Å². The summed E-state index contributed by atoms with van der Waals surface area (Å²) >= 11 is 0. The van der Waals surface area contributed by atoms with Crippen LogP contribution in [0.4, 0.5) is 19.0 Å². The van der Waals surface area contributed by atoms with Gasteiger partial charge < -0.3 is 20.3 Å². The zero-order chi connectivity index (χ0) is 28.8. The summed E-state index contributed by atoms with van der Waals surface area (Å²) in [7, 11) is 0. The number of anilines is 1. The van der Waals surface area contributed by atoms with Crippen LogP contribution in [0.5, 0.6) is 0 Å². The standard InChI is InChI=1S/C20H15F3N4O3.C8H6N2O/c21-13-2-1-3-15(16(13)23)27-8-12(20(29)30)17(28)11-5-14(22)19(25-18(11)27)26-7-9-4-10(26)6-24-9;11-7-4-3-6-2-1-5-9-8(6)10-7/h1-3,5,8-10,24H,4,6-7H2,(H,29,30);1-5H,(H,9,10,11). The second-order valence-corrected chi connectivity index (χ2v) is 9.70. The number of H-pyrrole nitrogens is 1. The first-order chi connectivity index (χ1) is 19.7. The number of carbonyl (C=O) groups is 1. The summed E-state index contributed by atoms with van der Waals surface area (Å²) in [6, 6.07) is 11.5. The van der Waals surface area contributed by atoms with E-state index < -0.39 is 34.4 Å². The van der Waals surface area contributed by atoms with Gasteiger partial charge in [-0.1, -0.05) is 6.07 Å². The molecular formula is C28H21F3N6O4. The highest BCUT2D eigenvalue weighted by molar-refractivity contribution is 5.92. The molecule has 0 aliphatic carbocycles. The van der Waals surface area contributed by atoms with Gasteiger partial charge in [0.25, 0.3) is 0 Å². The van der Waals surface area contributed by atoms with Crippen molar-refractivity contribution in [1.29, 1.82) is 0 Å². The molecule has 7 rings (SSSR count). The summed E-state index contributed by atoms with van der Waals surface area (Å²) in [5.74, 6) is -4.75. The Morgan fingerprint density at radius 3 is 2.61 bits per heavy atom. The monoisotopic (exact) mass is 562 g/mol. The number of nitrogens with one attached hydrogen (secondary N) is 2. The summed E-state index contributed by atoms with van der Waals surface area (Å²) in [5, 5.41) is 13.3. The lowest BCUT2D eigenvalue weighted by molar-refractivity contribution is 0.0695. The third kappa shape index (κ3) is 4.69. The van der Waals surface area contributed by atoms with E-state index in [1.54, 1.807) is 17.2 Å². The maximum absolute atomic E-state index is 14.9. The fourth-order valence-electron chi connectivity index (χ4n) is 5.23. The van der Waals surface area contributed by atoms with Crippen LogP contribution >= 0.6 is 0 Å². The average Bonchev–Trinajstić information content (AvgIpc) is 3.59. The van der Waals surface area contributed by atoms with Crippen LogP contribution < -0.4 is 21.2 Å². The highest BCUT2D eigenvalue weighted by Gasteiger charge is 2.39. The minimum Gasteiger partial charge on any atom is -0.477 e. The quantitative estimate of drug-likeness (QED) is 0.306. The number of aromatic carboxylic acids is 1. The molecule has 4 aromatic heterocycles. The van der Waals surface area contributed by atoms with Crippen molar-refractivity contribution in [2.45, 2.75) is 18.5 Å². The smallest absolute Gasteiger partial charge is 0.341 e. The van der Waals surface area contributed by atoms with Gasteiger partial charge in [0.15, 0.2) is 28.9 Å². The highest BCUT2D eigenvalue weighted by Crippen LogP contribution is 2.32. The first-order valence-corrected chi connectivity index (χ1v) is 12.6. The average molecular weight is 563 g/mol. The molecule has 0 saturated carbocycles. The van der Waals surface area contributed by atoms with E-state index in [0.29, 0.717) is 18.7 Å². The second kappa shape index (κ2) is 10.2. The lowest BCUT2D eigenvalue weighted by atomic mass is 10.1. The van der Waals surface area contributed by atoms with Gasteiger partial charge in [-0.05, 0) is 42.8 Å². The van der Waals surface area contributed by atoms with E-state index in [4.69, 9.17) is 0 Å². The fourth-order valence-corrected chi connectivity index (χ4v) is 5.23. The van der Waals surface area contributed by atoms with Crippen molar-refractivity contribution in [3.8, 4) is 5.69 Å². The molecule has 2 bridgehead atoms. The Bertz CT molecular complexity index is 1960. The van der Waals surface area contributed by atoms with Crippen LogP contribution in [0.1, 0.15) is 16.8 Å². The summed E-state index contributed by atoms with van der Waals surface area (Å²) < 4.78 is 44.3. The Balaban J connectivity index is 0.000000229. The maximum Gasteiger partial charge on any atom is 0.341 e. The number of halogens is 3. The zero-order valence-corrected chi connectivity index (χ0v) is 21.1. The SMILES string of the molecule is O=C(O)c1cn(-c2cccc(F)c2F)c2nc(N3CC4CC3CN4)c(F)cc2c1=O.O=c1ccc2cccnc2[nH]1. The van der Waals surface area contributed by atoms with Crippen LogP contribution in [0.15, 0.2) is 70.5 Å². The molecule has 3 N–H and O–H groups in total. The van der Waals surface area contributed by atoms with Crippen LogP contribution in [-0.2, 0) is 0 Å². The van der Waals surface area contributed by atoms with Gasteiger partial charge in [0, 0.05) is 49.0 Å². The Morgan fingerprint density at radius 2 is 1.88 bits per heavy atom. The number of hydrogen-bond acceptors (Lipinski definition) is 7. The minimum absolute atomic E-state index is 0.00969. The van der Waals surface area contributed by atoms with Gasteiger partial charge in [-0.2, -0.15) is 0 Å². The third-order valence-electron chi connectivity index (χ3n) is 7.16. The Morgan fingerprint density at radius 1 is 1.05 bits per heavy atom. The van der Waals surface area contributed by atoms with E-state index in [9.17, 15) is 32.7 Å². The number of rotatable bonds is 3. The summed E-state index contributed by atoms with van der Waals surface area (Å²) in [4.78, 5) is 47.6. The van der Waals surface area contributed by atoms with Gasteiger partial charge in [-0.15, -0.1) is 0 Å². The number of piperazine rings is 1. The summed E-state index contributed by atoms with van der Waals surface area (Å²) in [6.45, 7) is 1.18. The van der Waals surface area contributed by atoms with Gasteiger partial charge in [0.1, 0.15) is 11.2 Å². The largest absolute Gasteiger partial charge is 0.477 e. The van der Waals surface area contributed by atoms with E-state index in [0.717, 1.165) is 34.7 Å². The molecule has 0 spiro atoms. The Hall–Kier alpha value is -5.04. The van der Waals surface area contributed by atoms with Crippen molar-refractivity contribution in [3.05, 3.63) is 105 Å². The van der Waals surface area contributed by atoms with Crippen molar-refractivity contribution in [3.63, 3.8) is 0 Å². The van der Waals surface area contributed by atoms with Gasteiger partial charge in [0.05, 0.1) is 11.1 Å². The molecule has 2 atom stereocenters. The topological polar surface area (TPSA) is 133 Å². The van der Waals surface area contributed by atoms with Gasteiger partial charge in [0.2, 0.25) is 11.0 Å². The van der Waals surface area contributed by atoms with E-state index in [-0.39, 0.29) is 40.2 Å². The van der Waals surface area contributed by atoms with Crippen molar-refractivity contribution in [2.24, 2.45) is 0 Å². The minimum atomic E-state index is -1.57. The number of aromatic nitrogens is 4. The normalized spacial score (nSPS) is 17.6. The molecule has 10 nitrogen and oxygen atoms in total. The Kier molecular flexibility index (Phi) is 6.50. The number of benzene rings is 1. The second-order valence-electron chi connectivity index (χ2n) is 9.70. The number of aromatic amines is 1. The van der Waals surface area contributed by atoms with E-state index in [1.165, 1.54) is 18.2 Å². The molecule has 1 aromatic carbocycles. The number of pyridine rings is 4. The molecule has 2 aliphatic rings. The zero-order valence-electron chi connectivity index (χ0n) is 21.1. The van der Waals surface area contributed by atoms with Gasteiger partial charge in [-0.3, -0.25) is 14.2 Å². The molecule has 2 unspecified atom stereocenters. The van der Waals surface area contributed by atoms with E-state index in [2.05, 4.69) is 20.3 Å². The van der Waals surface area contributed by atoms with E-state index >= 15 is 0 Å². The maximum atomic E-state index is 14.9. The highest BCUT2D eigenvalue weighted by atomic mass is 19.2. The predicted molar refractivity (Wildman–Crippen MR) is 144 cm³/mol. The molecule has 41 heavy (non-hydrogen) atoms. The van der Waals surface area contributed by atoms with Gasteiger partial charge in [-0.25, -0.2) is 27.9 Å². The summed E-state index contributed by atoms with van der Waals surface area (Å²) in [5.41, 5.74) is -1.62. The molecule has 2 saturated heterocycles. The molecule has 6 heterocycles. The predicted octanol–water partition coefficient (Wildman–Crippen LogP) is 2.97. The van der Waals surface area contributed by atoms with Crippen LogP contribution in [0.3, 0.4) is 0 Å². The number of carboxylic acid groups (broad SMARTS) is 1. The molecule has 0 radical (unpaired) electrons. The van der Waals surface area contributed by atoms with Crippen LogP contribution in [0.2, 0.25) is 0 Å². The van der Waals surface area contributed by atoms with Gasteiger partial charge >= 0.3 is 5.97 Å².